The quantitative estimate of drug-likeness (QED) is 0.614. The summed E-state index contributed by atoms with van der Waals surface area (Å²) in [5, 5.41) is 0. The second kappa shape index (κ2) is 5.76. The molecule has 1 heterocycles. The molecule has 7 nitrogen and oxygen atoms in total. The van der Waals surface area contributed by atoms with Gasteiger partial charge >= 0.3 is 5.97 Å². The third-order valence-electron chi connectivity index (χ3n) is 2.51. The number of carbonyl (C=O) groups excluding carboxylic acids is 1. The van der Waals surface area contributed by atoms with E-state index in [9.17, 15) is 13.2 Å². The molecule has 1 fully saturated rings. The lowest BCUT2D eigenvalue weighted by atomic mass is 10.2. The third kappa shape index (κ3) is 3.63. The molecule has 17 heavy (non-hydrogen) atoms. The molecule has 0 bridgehead atoms. The van der Waals surface area contributed by atoms with Gasteiger partial charge in [-0.3, -0.25) is 4.79 Å². The second-order valence-corrected chi connectivity index (χ2v) is 6.06. The predicted octanol–water partition coefficient (Wildman–Crippen LogP) is -0.943. The van der Waals surface area contributed by atoms with E-state index in [2.05, 4.69) is 4.74 Å². The smallest absolute Gasteiger partial charge is 0.308 e. The van der Waals surface area contributed by atoms with Gasteiger partial charge in [-0.25, -0.2) is 0 Å². The van der Waals surface area contributed by atoms with Crippen LogP contribution in [0.5, 0.6) is 0 Å². The molecule has 0 spiro atoms. The Hall–Kier alpha value is -0.700. The van der Waals surface area contributed by atoms with Crippen LogP contribution in [0.1, 0.15) is 6.42 Å². The predicted molar refractivity (Wildman–Crippen MR) is 60.6 cm³/mol. The standard InChI is InChI=1S/C9H18N2O5S/c1-10(2)17(13,14)11-4-5-16-8(7-11)6-9(12)15-3/h8H,4-7H2,1-3H3. The molecular weight excluding hydrogens is 248 g/mol. The summed E-state index contributed by atoms with van der Waals surface area (Å²) in [5.41, 5.74) is 0. The van der Waals surface area contributed by atoms with Crippen molar-refractivity contribution in [2.45, 2.75) is 12.5 Å². The zero-order valence-electron chi connectivity index (χ0n) is 10.2. The third-order valence-corrected chi connectivity index (χ3v) is 4.42. The molecule has 1 unspecified atom stereocenters. The Bertz CT molecular complexity index is 368. The maximum Gasteiger partial charge on any atom is 0.308 e. The van der Waals surface area contributed by atoms with Crippen molar-refractivity contribution in [1.82, 2.24) is 8.61 Å². The summed E-state index contributed by atoms with van der Waals surface area (Å²) in [6, 6.07) is 0. The van der Waals surface area contributed by atoms with E-state index in [1.165, 1.54) is 25.5 Å². The first kappa shape index (κ1) is 14.4. The fraction of sp³-hybridized carbons (Fsp3) is 0.889. The normalized spacial score (nSPS) is 22.7. The first-order chi connectivity index (χ1) is 7.87. The van der Waals surface area contributed by atoms with Gasteiger partial charge in [0.15, 0.2) is 0 Å². The lowest BCUT2D eigenvalue weighted by molar-refractivity contribution is -0.145. The molecule has 1 saturated heterocycles. The minimum Gasteiger partial charge on any atom is -0.469 e. The highest BCUT2D eigenvalue weighted by atomic mass is 32.2. The molecule has 8 heteroatoms. The summed E-state index contributed by atoms with van der Waals surface area (Å²) in [4.78, 5) is 11.1. The lowest BCUT2D eigenvalue weighted by Crippen LogP contribution is -2.49. The van der Waals surface area contributed by atoms with Crippen molar-refractivity contribution in [3.8, 4) is 0 Å². The summed E-state index contributed by atoms with van der Waals surface area (Å²) in [5.74, 6) is -0.404. The molecule has 0 radical (unpaired) electrons. The van der Waals surface area contributed by atoms with E-state index < -0.39 is 22.3 Å². The van der Waals surface area contributed by atoms with Gasteiger partial charge in [0.1, 0.15) is 0 Å². The molecule has 1 atom stereocenters. The second-order valence-electron chi connectivity index (χ2n) is 3.92. The number of carbonyl (C=O) groups is 1. The lowest BCUT2D eigenvalue weighted by Gasteiger charge is -2.33. The number of morpholine rings is 1. The van der Waals surface area contributed by atoms with Gasteiger partial charge in [0.25, 0.3) is 10.2 Å². The number of hydrogen-bond donors (Lipinski definition) is 0. The Balaban J connectivity index is 2.64. The topological polar surface area (TPSA) is 76.2 Å². The highest BCUT2D eigenvalue weighted by Gasteiger charge is 2.31. The molecule has 0 aromatic carbocycles. The van der Waals surface area contributed by atoms with E-state index in [-0.39, 0.29) is 19.6 Å². The SMILES string of the molecule is COC(=O)CC1CN(S(=O)(=O)N(C)C)CCO1. The highest BCUT2D eigenvalue weighted by Crippen LogP contribution is 2.14. The molecule has 0 aromatic heterocycles. The van der Waals surface area contributed by atoms with Crippen LogP contribution in [0.3, 0.4) is 0 Å². The van der Waals surface area contributed by atoms with Crippen molar-refractivity contribution in [3.05, 3.63) is 0 Å². The van der Waals surface area contributed by atoms with Crippen LogP contribution in [0.25, 0.3) is 0 Å². The molecular formula is C9H18N2O5S. The largest absolute Gasteiger partial charge is 0.469 e. The Morgan fingerprint density at radius 3 is 2.71 bits per heavy atom. The van der Waals surface area contributed by atoms with Gasteiger partial charge in [0, 0.05) is 27.2 Å². The molecule has 0 amide bonds. The van der Waals surface area contributed by atoms with E-state index in [4.69, 9.17) is 4.74 Å². The highest BCUT2D eigenvalue weighted by molar-refractivity contribution is 7.86. The zero-order chi connectivity index (χ0) is 13.1. The molecule has 0 N–H and O–H groups in total. The van der Waals surface area contributed by atoms with Crippen LogP contribution < -0.4 is 0 Å². The first-order valence-corrected chi connectivity index (χ1v) is 6.63. The minimum absolute atomic E-state index is 0.0654. The number of hydrogen-bond acceptors (Lipinski definition) is 5. The first-order valence-electron chi connectivity index (χ1n) is 5.24. The number of ether oxygens (including phenoxy) is 2. The fourth-order valence-electron chi connectivity index (χ4n) is 1.53. The molecule has 1 aliphatic heterocycles. The van der Waals surface area contributed by atoms with Gasteiger partial charge in [-0.1, -0.05) is 0 Å². The van der Waals surface area contributed by atoms with Crippen molar-refractivity contribution in [2.24, 2.45) is 0 Å². The zero-order valence-corrected chi connectivity index (χ0v) is 11.1. The number of rotatable bonds is 4. The van der Waals surface area contributed by atoms with Crippen molar-refractivity contribution in [1.29, 1.82) is 0 Å². The Morgan fingerprint density at radius 2 is 2.18 bits per heavy atom. The van der Waals surface area contributed by atoms with Crippen molar-refractivity contribution >= 4 is 16.2 Å². The van der Waals surface area contributed by atoms with Crippen molar-refractivity contribution in [3.63, 3.8) is 0 Å². The Kier molecular flexibility index (Phi) is 4.87. The van der Waals surface area contributed by atoms with Crippen LogP contribution in [0.15, 0.2) is 0 Å². The van der Waals surface area contributed by atoms with Crippen molar-refractivity contribution < 1.29 is 22.7 Å². The number of methoxy groups -OCH3 is 1. The maximum atomic E-state index is 11.9. The van der Waals surface area contributed by atoms with Gasteiger partial charge in [0.05, 0.1) is 26.2 Å². The molecule has 0 aromatic rings. The van der Waals surface area contributed by atoms with Crippen LogP contribution in [0, 0.1) is 0 Å². The van der Waals surface area contributed by atoms with Crippen LogP contribution in [0.4, 0.5) is 0 Å². The summed E-state index contributed by atoms with van der Waals surface area (Å²) < 4.78 is 36.0. The van der Waals surface area contributed by atoms with Gasteiger partial charge in [-0.05, 0) is 0 Å². The van der Waals surface area contributed by atoms with Gasteiger partial charge in [0.2, 0.25) is 0 Å². The molecule has 0 saturated carbocycles. The average molecular weight is 266 g/mol. The van der Waals surface area contributed by atoms with Gasteiger partial charge < -0.3 is 9.47 Å². The molecule has 1 rings (SSSR count). The fourth-order valence-corrected chi connectivity index (χ4v) is 2.65. The number of esters is 1. The van der Waals surface area contributed by atoms with Gasteiger partial charge in [-0.15, -0.1) is 0 Å². The summed E-state index contributed by atoms with van der Waals surface area (Å²) >= 11 is 0. The Morgan fingerprint density at radius 1 is 1.53 bits per heavy atom. The van der Waals surface area contributed by atoms with E-state index in [0.717, 1.165) is 4.31 Å². The summed E-state index contributed by atoms with van der Waals surface area (Å²) in [6.07, 6.45) is -0.374. The van der Waals surface area contributed by atoms with E-state index in [1.807, 2.05) is 0 Å². The van der Waals surface area contributed by atoms with E-state index in [0.29, 0.717) is 6.54 Å². The van der Waals surface area contributed by atoms with Crippen LogP contribution in [-0.4, -0.2) is 70.0 Å². The van der Waals surface area contributed by atoms with Crippen LogP contribution in [-0.2, 0) is 24.5 Å². The van der Waals surface area contributed by atoms with E-state index >= 15 is 0 Å². The number of nitrogens with zero attached hydrogens (tertiary/aromatic N) is 2. The van der Waals surface area contributed by atoms with E-state index in [1.54, 1.807) is 0 Å². The maximum absolute atomic E-state index is 11.9. The van der Waals surface area contributed by atoms with Crippen molar-refractivity contribution in [2.75, 3.05) is 40.9 Å². The monoisotopic (exact) mass is 266 g/mol. The average Bonchev–Trinajstić information content (AvgIpc) is 2.29. The molecule has 1 aliphatic rings. The molecule has 0 aliphatic carbocycles. The van der Waals surface area contributed by atoms with Crippen LogP contribution >= 0.6 is 0 Å². The summed E-state index contributed by atoms with van der Waals surface area (Å²) in [6.45, 7) is 0.766. The van der Waals surface area contributed by atoms with Gasteiger partial charge in [-0.2, -0.15) is 17.0 Å². The van der Waals surface area contributed by atoms with Crippen LogP contribution in [0.2, 0.25) is 0 Å². The Labute approximate surface area is 101 Å². The summed E-state index contributed by atoms with van der Waals surface area (Å²) in [7, 11) is 0.795. The minimum atomic E-state index is -3.44. The molecule has 100 valence electrons.